The Morgan fingerprint density at radius 2 is 2.10 bits per heavy atom. The summed E-state index contributed by atoms with van der Waals surface area (Å²) in [7, 11) is -3.84. The molecule has 1 atom stereocenters. The van der Waals surface area contributed by atoms with Crippen LogP contribution in [0.3, 0.4) is 0 Å². The number of ether oxygens (including phenoxy) is 1. The van der Waals surface area contributed by atoms with Crippen molar-refractivity contribution in [2.75, 3.05) is 6.61 Å². The van der Waals surface area contributed by atoms with E-state index in [-0.39, 0.29) is 17.3 Å². The van der Waals surface area contributed by atoms with E-state index in [2.05, 4.69) is 10.6 Å². The van der Waals surface area contributed by atoms with E-state index < -0.39 is 21.4 Å². The molecule has 0 aliphatic carbocycles. The van der Waals surface area contributed by atoms with E-state index >= 15 is 0 Å². The Morgan fingerprint density at radius 3 is 2.60 bits per heavy atom. The fourth-order valence-corrected chi connectivity index (χ4v) is 2.90. The Bertz CT molecular complexity index is 622. The Labute approximate surface area is 119 Å². The standard InChI is InChI=1S/C14H18FNO3S/c1-5-14(4,6-2)16-20(17,18)11-8-9-12(15)13(10-11)19-7-3/h1,8-10,16H,6-7H2,2-4H3/t14-/m0/s1. The van der Waals surface area contributed by atoms with Crippen molar-refractivity contribution in [2.45, 2.75) is 37.6 Å². The lowest BCUT2D eigenvalue weighted by Crippen LogP contribution is -2.44. The summed E-state index contributed by atoms with van der Waals surface area (Å²) in [5, 5.41) is 0. The molecule has 4 nitrogen and oxygen atoms in total. The van der Waals surface area contributed by atoms with Crippen molar-refractivity contribution in [1.29, 1.82) is 0 Å². The number of halogens is 1. The van der Waals surface area contributed by atoms with Crippen molar-refractivity contribution in [3.05, 3.63) is 24.0 Å². The molecule has 0 heterocycles. The first-order chi connectivity index (χ1) is 9.28. The molecule has 20 heavy (non-hydrogen) atoms. The zero-order valence-electron chi connectivity index (χ0n) is 11.7. The second kappa shape index (κ2) is 6.25. The van der Waals surface area contributed by atoms with Gasteiger partial charge in [0.2, 0.25) is 10.0 Å². The van der Waals surface area contributed by atoms with Gasteiger partial charge < -0.3 is 4.74 Å². The Hall–Kier alpha value is -1.58. The summed E-state index contributed by atoms with van der Waals surface area (Å²) in [4.78, 5) is -0.0859. The smallest absolute Gasteiger partial charge is 0.242 e. The number of nitrogens with one attached hydrogen (secondary N) is 1. The third-order valence-corrected chi connectivity index (χ3v) is 4.49. The number of hydrogen-bond acceptors (Lipinski definition) is 3. The lowest BCUT2D eigenvalue weighted by molar-refractivity contribution is 0.320. The van der Waals surface area contributed by atoms with Crippen molar-refractivity contribution in [3.63, 3.8) is 0 Å². The normalized spacial score (nSPS) is 14.3. The van der Waals surface area contributed by atoms with Crippen LogP contribution in [0.4, 0.5) is 4.39 Å². The van der Waals surface area contributed by atoms with Crippen LogP contribution in [-0.4, -0.2) is 20.6 Å². The van der Waals surface area contributed by atoms with Gasteiger partial charge in [-0.05, 0) is 32.4 Å². The van der Waals surface area contributed by atoms with Crippen LogP contribution in [0, 0.1) is 18.2 Å². The molecule has 0 unspecified atom stereocenters. The van der Waals surface area contributed by atoms with Crippen LogP contribution < -0.4 is 9.46 Å². The molecule has 0 saturated carbocycles. The van der Waals surface area contributed by atoms with E-state index in [4.69, 9.17) is 11.2 Å². The van der Waals surface area contributed by atoms with Gasteiger partial charge in [0.25, 0.3) is 0 Å². The predicted octanol–water partition coefficient (Wildman–Crippen LogP) is 2.30. The molecular formula is C14H18FNO3S. The summed E-state index contributed by atoms with van der Waals surface area (Å²) < 4.78 is 45.4. The molecule has 0 aromatic heterocycles. The molecule has 0 saturated heterocycles. The third-order valence-electron chi connectivity index (χ3n) is 2.90. The molecule has 0 fully saturated rings. The molecule has 1 aromatic rings. The van der Waals surface area contributed by atoms with E-state index in [1.54, 1.807) is 20.8 Å². The Balaban J connectivity index is 3.17. The van der Waals surface area contributed by atoms with Crippen molar-refractivity contribution >= 4 is 10.0 Å². The second-order valence-electron chi connectivity index (χ2n) is 4.46. The fraction of sp³-hybridized carbons (Fsp3) is 0.429. The lowest BCUT2D eigenvalue weighted by Gasteiger charge is -2.23. The van der Waals surface area contributed by atoms with Gasteiger partial charge in [-0.2, -0.15) is 4.72 Å². The number of benzene rings is 1. The summed E-state index contributed by atoms with van der Waals surface area (Å²) in [6.07, 6.45) is 5.78. The minimum Gasteiger partial charge on any atom is -0.491 e. The van der Waals surface area contributed by atoms with E-state index in [0.29, 0.717) is 6.42 Å². The summed E-state index contributed by atoms with van der Waals surface area (Å²) in [5.41, 5.74) is -0.987. The average molecular weight is 299 g/mol. The van der Waals surface area contributed by atoms with Gasteiger partial charge in [0, 0.05) is 6.07 Å². The maximum Gasteiger partial charge on any atom is 0.242 e. The second-order valence-corrected chi connectivity index (χ2v) is 6.14. The molecule has 1 aromatic carbocycles. The fourth-order valence-electron chi connectivity index (χ4n) is 1.48. The number of rotatable bonds is 6. The molecule has 1 rings (SSSR count). The first kappa shape index (κ1) is 16.5. The Kier molecular flexibility index (Phi) is 5.15. The molecule has 0 aliphatic heterocycles. The Morgan fingerprint density at radius 1 is 1.45 bits per heavy atom. The van der Waals surface area contributed by atoms with Crippen molar-refractivity contribution in [3.8, 4) is 18.1 Å². The van der Waals surface area contributed by atoms with E-state index in [1.165, 1.54) is 6.07 Å². The molecule has 0 bridgehead atoms. The molecule has 6 heteroatoms. The largest absolute Gasteiger partial charge is 0.491 e. The average Bonchev–Trinajstić information content (AvgIpc) is 2.40. The van der Waals surface area contributed by atoms with Crippen molar-refractivity contribution in [2.24, 2.45) is 0 Å². The van der Waals surface area contributed by atoms with Gasteiger partial charge in [-0.25, -0.2) is 12.8 Å². The van der Waals surface area contributed by atoms with Gasteiger partial charge in [-0.3, -0.25) is 0 Å². The first-order valence-electron chi connectivity index (χ1n) is 6.22. The van der Waals surface area contributed by atoms with Crippen LogP contribution >= 0.6 is 0 Å². The van der Waals surface area contributed by atoms with Crippen LogP contribution in [-0.2, 0) is 10.0 Å². The van der Waals surface area contributed by atoms with E-state index in [9.17, 15) is 12.8 Å². The predicted molar refractivity (Wildman–Crippen MR) is 75.4 cm³/mol. The molecule has 1 N–H and O–H groups in total. The monoisotopic (exact) mass is 299 g/mol. The summed E-state index contributed by atoms with van der Waals surface area (Å²) in [6, 6.07) is 3.37. The summed E-state index contributed by atoms with van der Waals surface area (Å²) in [6.45, 7) is 5.31. The van der Waals surface area contributed by atoms with Gasteiger partial charge in [-0.1, -0.05) is 12.8 Å². The minimum atomic E-state index is -3.84. The number of hydrogen-bond donors (Lipinski definition) is 1. The SMILES string of the molecule is C#C[C@@](C)(CC)NS(=O)(=O)c1ccc(F)c(OCC)c1. The first-order valence-corrected chi connectivity index (χ1v) is 7.70. The minimum absolute atomic E-state index is 0.0859. The zero-order valence-corrected chi connectivity index (χ0v) is 12.6. The van der Waals surface area contributed by atoms with Crippen molar-refractivity contribution < 1.29 is 17.5 Å². The highest BCUT2D eigenvalue weighted by atomic mass is 32.2. The molecule has 110 valence electrons. The maximum absolute atomic E-state index is 13.4. The number of terminal acetylenes is 1. The van der Waals surface area contributed by atoms with Gasteiger partial charge in [0.15, 0.2) is 11.6 Å². The van der Waals surface area contributed by atoms with E-state index in [1.807, 2.05) is 0 Å². The van der Waals surface area contributed by atoms with Gasteiger partial charge >= 0.3 is 0 Å². The highest BCUT2D eigenvalue weighted by molar-refractivity contribution is 7.89. The van der Waals surface area contributed by atoms with Gasteiger partial charge in [0.1, 0.15) is 0 Å². The van der Waals surface area contributed by atoms with Crippen LogP contribution in [0.2, 0.25) is 0 Å². The quantitative estimate of drug-likeness (QED) is 0.820. The van der Waals surface area contributed by atoms with Crippen LogP contribution in [0.1, 0.15) is 27.2 Å². The summed E-state index contributed by atoms with van der Waals surface area (Å²) in [5.74, 6) is 1.70. The third kappa shape index (κ3) is 3.71. The van der Waals surface area contributed by atoms with Crippen LogP contribution in [0.25, 0.3) is 0 Å². The summed E-state index contributed by atoms with van der Waals surface area (Å²) >= 11 is 0. The zero-order chi connectivity index (χ0) is 15.4. The molecule has 0 aliphatic rings. The van der Waals surface area contributed by atoms with Crippen molar-refractivity contribution in [1.82, 2.24) is 4.72 Å². The highest BCUT2D eigenvalue weighted by Crippen LogP contribution is 2.23. The molecular weight excluding hydrogens is 281 g/mol. The number of sulfonamides is 1. The van der Waals surface area contributed by atoms with Gasteiger partial charge in [0.05, 0.1) is 17.0 Å². The topological polar surface area (TPSA) is 55.4 Å². The lowest BCUT2D eigenvalue weighted by atomic mass is 10.0. The van der Waals surface area contributed by atoms with Crippen LogP contribution in [0.15, 0.2) is 23.1 Å². The molecule has 0 spiro atoms. The van der Waals surface area contributed by atoms with Crippen LogP contribution in [0.5, 0.6) is 5.75 Å². The molecule has 0 amide bonds. The van der Waals surface area contributed by atoms with Gasteiger partial charge in [-0.15, -0.1) is 6.42 Å². The molecule has 0 radical (unpaired) electrons. The maximum atomic E-state index is 13.4. The van der Waals surface area contributed by atoms with E-state index in [0.717, 1.165) is 12.1 Å². The highest BCUT2D eigenvalue weighted by Gasteiger charge is 2.27.